The fourth-order valence-corrected chi connectivity index (χ4v) is 1.17. The molecular formula is C9H11F3IN. The van der Waals surface area contributed by atoms with E-state index in [1.54, 1.807) is 6.07 Å². The number of nitrogens with two attached hydrogens (primary N) is 1. The summed E-state index contributed by atoms with van der Waals surface area (Å²) in [4.78, 5) is 0. The van der Waals surface area contributed by atoms with Crippen molar-refractivity contribution in [2.24, 2.45) is 5.73 Å². The van der Waals surface area contributed by atoms with Crippen LogP contribution in [0.15, 0.2) is 24.3 Å². The van der Waals surface area contributed by atoms with Crippen molar-refractivity contribution >= 4 is 24.0 Å². The van der Waals surface area contributed by atoms with E-state index in [4.69, 9.17) is 5.73 Å². The maximum atomic E-state index is 12.3. The zero-order valence-electron chi connectivity index (χ0n) is 7.34. The second-order valence-electron chi connectivity index (χ2n) is 2.69. The van der Waals surface area contributed by atoms with Crippen LogP contribution in [0, 0.1) is 0 Å². The standard InChI is InChI=1S/C9H10F3N.HI/c10-9(11,12)8-4-2-1-3-7(8)5-6-13;/h1-4H,5-6,13H2;1H. The van der Waals surface area contributed by atoms with Crippen molar-refractivity contribution in [3.8, 4) is 0 Å². The number of hydrogen-bond donors (Lipinski definition) is 1. The summed E-state index contributed by atoms with van der Waals surface area (Å²) in [5.41, 5.74) is 4.88. The molecule has 0 saturated carbocycles. The predicted molar refractivity (Wildman–Crippen MR) is 59.6 cm³/mol. The van der Waals surface area contributed by atoms with Crippen LogP contribution in [0.25, 0.3) is 0 Å². The predicted octanol–water partition coefficient (Wildman–Crippen LogP) is 2.82. The molecule has 2 N–H and O–H groups in total. The normalized spacial score (nSPS) is 10.9. The van der Waals surface area contributed by atoms with Crippen LogP contribution in [0.1, 0.15) is 11.1 Å². The van der Waals surface area contributed by atoms with Crippen LogP contribution in [0.2, 0.25) is 0 Å². The summed E-state index contributed by atoms with van der Waals surface area (Å²) in [6.45, 7) is 0.229. The highest BCUT2D eigenvalue weighted by Crippen LogP contribution is 2.31. The Kier molecular flexibility index (Phi) is 5.43. The summed E-state index contributed by atoms with van der Waals surface area (Å²) in [5, 5.41) is 0. The molecule has 0 bridgehead atoms. The molecule has 0 aliphatic carbocycles. The van der Waals surface area contributed by atoms with E-state index >= 15 is 0 Å². The van der Waals surface area contributed by atoms with Crippen molar-refractivity contribution in [2.75, 3.05) is 6.54 Å². The Hall–Kier alpha value is -0.300. The molecular weight excluding hydrogens is 306 g/mol. The van der Waals surface area contributed by atoms with Gasteiger partial charge in [-0.1, -0.05) is 18.2 Å². The van der Waals surface area contributed by atoms with E-state index < -0.39 is 11.7 Å². The lowest BCUT2D eigenvalue weighted by atomic mass is 10.0. The minimum atomic E-state index is -4.27. The first-order chi connectivity index (χ1) is 6.05. The quantitative estimate of drug-likeness (QED) is 0.834. The van der Waals surface area contributed by atoms with E-state index in [2.05, 4.69) is 0 Å². The van der Waals surface area contributed by atoms with Gasteiger partial charge in [0.2, 0.25) is 0 Å². The number of benzene rings is 1. The molecule has 0 saturated heterocycles. The monoisotopic (exact) mass is 317 g/mol. The van der Waals surface area contributed by atoms with Crippen molar-refractivity contribution in [2.45, 2.75) is 12.6 Å². The molecule has 0 atom stereocenters. The van der Waals surface area contributed by atoms with Crippen LogP contribution in [-0.4, -0.2) is 6.54 Å². The summed E-state index contributed by atoms with van der Waals surface area (Å²) in [5.74, 6) is 0. The molecule has 1 nitrogen and oxygen atoms in total. The van der Waals surface area contributed by atoms with Crippen molar-refractivity contribution in [3.63, 3.8) is 0 Å². The molecule has 14 heavy (non-hydrogen) atoms. The summed E-state index contributed by atoms with van der Waals surface area (Å²) in [7, 11) is 0. The average Bonchev–Trinajstić information content (AvgIpc) is 2.04. The molecule has 1 aromatic carbocycles. The van der Waals surface area contributed by atoms with Gasteiger partial charge in [-0.25, -0.2) is 0 Å². The summed E-state index contributed by atoms with van der Waals surface area (Å²) < 4.78 is 37.0. The molecule has 0 aliphatic rings. The van der Waals surface area contributed by atoms with Gasteiger partial charge in [-0.2, -0.15) is 13.2 Å². The third kappa shape index (κ3) is 3.45. The lowest BCUT2D eigenvalue weighted by Gasteiger charge is -2.11. The second-order valence-corrected chi connectivity index (χ2v) is 2.69. The lowest BCUT2D eigenvalue weighted by molar-refractivity contribution is -0.138. The Morgan fingerprint density at radius 1 is 1.14 bits per heavy atom. The number of halogens is 4. The molecule has 0 amide bonds. The van der Waals surface area contributed by atoms with Crippen molar-refractivity contribution < 1.29 is 13.2 Å². The molecule has 0 spiro atoms. The SMILES string of the molecule is I.NCCc1ccccc1C(F)(F)F. The van der Waals surface area contributed by atoms with Gasteiger partial charge in [-0.3, -0.25) is 0 Å². The molecule has 0 heterocycles. The van der Waals surface area contributed by atoms with Crippen molar-refractivity contribution in [3.05, 3.63) is 35.4 Å². The molecule has 0 unspecified atom stereocenters. The van der Waals surface area contributed by atoms with E-state index in [9.17, 15) is 13.2 Å². The Labute approximate surface area is 97.5 Å². The van der Waals surface area contributed by atoms with E-state index in [0.717, 1.165) is 6.07 Å². The fourth-order valence-electron chi connectivity index (χ4n) is 1.17. The Morgan fingerprint density at radius 2 is 1.71 bits per heavy atom. The van der Waals surface area contributed by atoms with E-state index in [1.807, 2.05) is 0 Å². The van der Waals surface area contributed by atoms with Gasteiger partial charge in [-0.15, -0.1) is 24.0 Å². The average molecular weight is 317 g/mol. The fraction of sp³-hybridized carbons (Fsp3) is 0.333. The first-order valence-electron chi connectivity index (χ1n) is 3.91. The molecule has 0 aliphatic heterocycles. The Morgan fingerprint density at radius 3 is 2.21 bits per heavy atom. The van der Waals surface area contributed by atoms with Gasteiger partial charge in [0, 0.05) is 0 Å². The van der Waals surface area contributed by atoms with E-state index in [-0.39, 0.29) is 42.5 Å². The molecule has 1 aromatic rings. The zero-order valence-corrected chi connectivity index (χ0v) is 9.67. The molecule has 80 valence electrons. The third-order valence-corrected chi connectivity index (χ3v) is 1.74. The van der Waals surface area contributed by atoms with Crippen molar-refractivity contribution in [1.82, 2.24) is 0 Å². The molecule has 0 fully saturated rings. The van der Waals surface area contributed by atoms with Gasteiger partial charge in [-0.05, 0) is 24.6 Å². The smallest absolute Gasteiger partial charge is 0.330 e. The molecule has 0 aromatic heterocycles. The van der Waals surface area contributed by atoms with E-state index in [1.165, 1.54) is 12.1 Å². The number of rotatable bonds is 2. The Balaban J connectivity index is 0.00000169. The minimum absolute atomic E-state index is 0. The van der Waals surface area contributed by atoms with Gasteiger partial charge >= 0.3 is 6.18 Å². The van der Waals surface area contributed by atoms with Crippen LogP contribution < -0.4 is 5.73 Å². The maximum Gasteiger partial charge on any atom is 0.416 e. The van der Waals surface area contributed by atoms with Crippen LogP contribution >= 0.6 is 24.0 Å². The van der Waals surface area contributed by atoms with Crippen molar-refractivity contribution in [1.29, 1.82) is 0 Å². The number of hydrogen-bond acceptors (Lipinski definition) is 1. The first-order valence-corrected chi connectivity index (χ1v) is 3.91. The van der Waals surface area contributed by atoms with Gasteiger partial charge in [0.15, 0.2) is 0 Å². The third-order valence-electron chi connectivity index (χ3n) is 1.74. The highest BCUT2D eigenvalue weighted by atomic mass is 127. The number of alkyl halides is 3. The summed E-state index contributed by atoms with van der Waals surface area (Å²) in [6, 6.07) is 5.49. The van der Waals surface area contributed by atoms with Crippen LogP contribution in [0.3, 0.4) is 0 Å². The van der Waals surface area contributed by atoms with Gasteiger partial charge in [0.1, 0.15) is 0 Å². The van der Waals surface area contributed by atoms with Gasteiger partial charge < -0.3 is 5.73 Å². The minimum Gasteiger partial charge on any atom is -0.330 e. The Bertz CT molecular complexity index is 286. The molecule has 0 radical (unpaired) electrons. The lowest BCUT2D eigenvalue weighted by Crippen LogP contribution is -2.12. The van der Waals surface area contributed by atoms with Crippen LogP contribution in [-0.2, 0) is 12.6 Å². The van der Waals surface area contributed by atoms with Gasteiger partial charge in [0.05, 0.1) is 5.56 Å². The summed E-state index contributed by atoms with van der Waals surface area (Å²) in [6.07, 6.45) is -4.01. The zero-order chi connectivity index (χ0) is 9.90. The van der Waals surface area contributed by atoms with Gasteiger partial charge in [0.25, 0.3) is 0 Å². The van der Waals surface area contributed by atoms with Crippen LogP contribution in [0.4, 0.5) is 13.2 Å². The largest absolute Gasteiger partial charge is 0.416 e. The highest BCUT2D eigenvalue weighted by Gasteiger charge is 2.32. The van der Waals surface area contributed by atoms with E-state index in [0.29, 0.717) is 0 Å². The first kappa shape index (κ1) is 13.7. The van der Waals surface area contributed by atoms with Crippen LogP contribution in [0.5, 0.6) is 0 Å². The topological polar surface area (TPSA) is 26.0 Å². The highest BCUT2D eigenvalue weighted by molar-refractivity contribution is 14.0. The molecule has 1 rings (SSSR count). The second kappa shape index (κ2) is 5.55. The summed E-state index contributed by atoms with van der Waals surface area (Å²) >= 11 is 0. The maximum absolute atomic E-state index is 12.3. The molecule has 5 heteroatoms.